The highest BCUT2D eigenvalue weighted by Gasteiger charge is 2.48. The molecule has 2 saturated heterocycles. The molecule has 39 heavy (non-hydrogen) atoms. The molecule has 1 aliphatic carbocycles. The fourth-order valence-corrected chi connectivity index (χ4v) is 6.84. The topological polar surface area (TPSA) is 69.7 Å². The van der Waals surface area contributed by atoms with E-state index in [1.165, 1.54) is 10.5 Å². The number of amides is 3. The number of hydrogen-bond acceptors (Lipinski definition) is 3. The smallest absolute Gasteiger partial charge is 0.243 e. The SMILES string of the molecule is CC(=O)N1C[C@H]2CCC[C@@H](C(=O)N3C[C@H](F)C[C@H]3C(=O)N[C@@H](c3ccccc3)c3ccc(C(C)C)cc3)[C@H]2C1. The third-order valence-corrected chi connectivity index (χ3v) is 9.05. The van der Waals surface area contributed by atoms with Gasteiger partial charge in [-0.1, -0.05) is 74.9 Å². The molecule has 2 aliphatic heterocycles. The molecule has 2 heterocycles. The number of fused-ring (bicyclic) bond motifs is 1. The molecule has 7 heteroatoms. The van der Waals surface area contributed by atoms with E-state index in [2.05, 4.69) is 31.3 Å². The van der Waals surface area contributed by atoms with Crippen LogP contribution in [0, 0.1) is 17.8 Å². The van der Waals surface area contributed by atoms with Crippen molar-refractivity contribution in [2.75, 3.05) is 19.6 Å². The lowest BCUT2D eigenvalue weighted by Crippen LogP contribution is -2.50. The maximum atomic E-state index is 14.8. The van der Waals surface area contributed by atoms with Crippen molar-refractivity contribution < 1.29 is 18.8 Å². The lowest BCUT2D eigenvalue weighted by Gasteiger charge is -2.36. The van der Waals surface area contributed by atoms with Gasteiger partial charge in [0.25, 0.3) is 0 Å². The first-order valence-corrected chi connectivity index (χ1v) is 14.4. The van der Waals surface area contributed by atoms with Crippen molar-refractivity contribution in [3.8, 4) is 0 Å². The Labute approximate surface area is 230 Å². The quantitative estimate of drug-likeness (QED) is 0.577. The van der Waals surface area contributed by atoms with Crippen LogP contribution in [-0.2, 0) is 14.4 Å². The fraction of sp³-hybridized carbons (Fsp3) is 0.531. The zero-order chi connectivity index (χ0) is 27.7. The van der Waals surface area contributed by atoms with Crippen molar-refractivity contribution in [3.05, 3.63) is 71.3 Å². The summed E-state index contributed by atoms with van der Waals surface area (Å²) < 4.78 is 14.8. The van der Waals surface area contributed by atoms with Gasteiger partial charge < -0.3 is 15.1 Å². The molecule has 3 amide bonds. The lowest BCUT2D eigenvalue weighted by molar-refractivity contribution is -0.144. The van der Waals surface area contributed by atoms with Crippen molar-refractivity contribution >= 4 is 17.7 Å². The molecule has 0 unspecified atom stereocenters. The van der Waals surface area contributed by atoms with E-state index in [9.17, 15) is 18.8 Å². The number of carbonyl (C=O) groups excluding carboxylic acids is 3. The third-order valence-electron chi connectivity index (χ3n) is 9.05. The minimum absolute atomic E-state index is 0.00571. The van der Waals surface area contributed by atoms with Crippen LogP contribution in [0.2, 0.25) is 0 Å². The van der Waals surface area contributed by atoms with Gasteiger partial charge in [-0.25, -0.2) is 4.39 Å². The number of alkyl halides is 1. The van der Waals surface area contributed by atoms with Gasteiger partial charge in [-0.2, -0.15) is 0 Å². The summed E-state index contributed by atoms with van der Waals surface area (Å²) in [6, 6.07) is 16.7. The van der Waals surface area contributed by atoms with Crippen LogP contribution in [0.15, 0.2) is 54.6 Å². The molecule has 0 aromatic heterocycles. The van der Waals surface area contributed by atoms with Gasteiger partial charge in [0.2, 0.25) is 17.7 Å². The van der Waals surface area contributed by atoms with Crippen LogP contribution in [0.5, 0.6) is 0 Å². The van der Waals surface area contributed by atoms with Crippen LogP contribution in [-0.4, -0.2) is 59.4 Å². The van der Waals surface area contributed by atoms with Crippen molar-refractivity contribution in [2.24, 2.45) is 17.8 Å². The fourth-order valence-electron chi connectivity index (χ4n) is 6.84. The molecular weight excluding hydrogens is 493 g/mol. The second-order valence-corrected chi connectivity index (χ2v) is 11.9. The standard InChI is InChI=1S/C32H40FN3O3/c1-20(2)22-12-14-24(15-13-22)30(23-8-5-4-6-9-23)34-31(38)29-16-26(33)18-36(29)32(39)27-11-7-10-25-17-35(21(3)37)19-28(25)27/h4-6,8-9,12-15,20,25-30H,7,10-11,16-19H2,1-3H3,(H,34,38)/t25-,26-,27-,28+,29+,30+/m1/s1. The molecule has 1 saturated carbocycles. The third kappa shape index (κ3) is 5.73. The van der Waals surface area contributed by atoms with E-state index in [1.54, 1.807) is 6.92 Å². The molecule has 2 aromatic rings. The summed E-state index contributed by atoms with van der Waals surface area (Å²) in [6.45, 7) is 7.06. The van der Waals surface area contributed by atoms with E-state index in [-0.39, 0.29) is 42.5 Å². The number of likely N-dealkylation sites (tertiary alicyclic amines) is 2. The maximum Gasteiger partial charge on any atom is 0.243 e. The first kappa shape index (κ1) is 27.4. The number of halogens is 1. The first-order chi connectivity index (χ1) is 18.7. The van der Waals surface area contributed by atoms with Gasteiger partial charge in [0, 0.05) is 32.4 Å². The summed E-state index contributed by atoms with van der Waals surface area (Å²) in [7, 11) is 0. The largest absolute Gasteiger partial charge is 0.343 e. The number of carbonyl (C=O) groups is 3. The predicted molar refractivity (Wildman–Crippen MR) is 149 cm³/mol. The Morgan fingerprint density at radius 3 is 2.23 bits per heavy atom. The number of nitrogens with zero attached hydrogens (tertiary/aromatic N) is 2. The second-order valence-electron chi connectivity index (χ2n) is 11.9. The summed E-state index contributed by atoms with van der Waals surface area (Å²) >= 11 is 0. The van der Waals surface area contributed by atoms with Crippen LogP contribution in [0.25, 0.3) is 0 Å². The second kappa shape index (κ2) is 11.5. The van der Waals surface area contributed by atoms with E-state index >= 15 is 0 Å². The molecule has 6 atom stereocenters. The van der Waals surface area contributed by atoms with Crippen LogP contribution in [0.4, 0.5) is 4.39 Å². The van der Waals surface area contributed by atoms with E-state index in [0.717, 1.165) is 30.4 Å². The minimum Gasteiger partial charge on any atom is -0.343 e. The Hall–Kier alpha value is -3.22. The van der Waals surface area contributed by atoms with Crippen molar-refractivity contribution in [1.82, 2.24) is 15.1 Å². The average molecular weight is 534 g/mol. The molecule has 5 rings (SSSR count). The van der Waals surface area contributed by atoms with Crippen LogP contribution in [0.3, 0.4) is 0 Å². The van der Waals surface area contributed by atoms with Crippen LogP contribution < -0.4 is 5.32 Å². The zero-order valence-electron chi connectivity index (χ0n) is 23.2. The highest BCUT2D eigenvalue weighted by atomic mass is 19.1. The average Bonchev–Trinajstić information content (AvgIpc) is 3.56. The molecular formula is C32H40FN3O3. The zero-order valence-corrected chi connectivity index (χ0v) is 23.2. The van der Waals surface area contributed by atoms with E-state index < -0.39 is 18.3 Å². The predicted octanol–water partition coefficient (Wildman–Crippen LogP) is 4.85. The Morgan fingerprint density at radius 2 is 1.56 bits per heavy atom. The molecule has 6 nitrogen and oxygen atoms in total. The molecule has 0 radical (unpaired) electrons. The van der Waals surface area contributed by atoms with Gasteiger partial charge in [0.15, 0.2) is 0 Å². The van der Waals surface area contributed by atoms with Gasteiger partial charge in [-0.3, -0.25) is 14.4 Å². The molecule has 3 fully saturated rings. The van der Waals surface area contributed by atoms with Crippen LogP contribution in [0.1, 0.15) is 75.1 Å². The first-order valence-electron chi connectivity index (χ1n) is 14.4. The van der Waals surface area contributed by atoms with Crippen molar-refractivity contribution in [2.45, 2.75) is 70.6 Å². The highest BCUT2D eigenvalue weighted by Crippen LogP contribution is 2.42. The van der Waals surface area contributed by atoms with Gasteiger partial charge in [0.05, 0.1) is 12.6 Å². The van der Waals surface area contributed by atoms with Crippen LogP contribution >= 0.6 is 0 Å². The summed E-state index contributed by atoms with van der Waals surface area (Å²) in [6.07, 6.45) is 1.41. The Kier molecular flexibility index (Phi) is 8.06. The highest BCUT2D eigenvalue weighted by molar-refractivity contribution is 5.90. The summed E-state index contributed by atoms with van der Waals surface area (Å²) in [5.41, 5.74) is 3.09. The van der Waals surface area contributed by atoms with Crippen molar-refractivity contribution in [1.29, 1.82) is 0 Å². The molecule has 3 aliphatic rings. The molecule has 1 N–H and O–H groups in total. The summed E-state index contributed by atoms with van der Waals surface area (Å²) in [5, 5.41) is 3.16. The normalized spacial score (nSPS) is 27.4. The van der Waals surface area contributed by atoms with Gasteiger partial charge in [-0.15, -0.1) is 0 Å². The Bertz CT molecular complexity index is 1180. The number of hydrogen-bond donors (Lipinski definition) is 1. The number of nitrogens with one attached hydrogen (secondary N) is 1. The lowest BCUT2D eigenvalue weighted by atomic mass is 9.73. The minimum atomic E-state index is -1.23. The summed E-state index contributed by atoms with van der Waals surface area (Å²) in [4.78, 5) is 43.0. The monoisotopic (exact) mass is 533 g/mol. The maximum absolute atomic E-state index is 14.8. The van der Waals surface area contributed by atoms with E-state index in [4.69, 9.17) is 0 Å². The van der Waals surface area contributed by atoms with E-state index in [1.807, 2.05) is 47.4 Å². The molecule has 0 bridgehead atoms. The number of benzene rings is 2. The van der Waals surface area contributed by atoms with Gasteiger partial charge in [-0.05, 0) is 47.3 Å². The Balaban J connectivity index is 1.36. The Morgan fingerprint density at radius 1 is 0.897 bits per heavy atom. The summed E-state index contributed by atoms with van der Waals surface area (Å²) in [5.74, 6) is 0.0685. The molecule has 208 valence electrons. The molecule has 2 aromatic carbocycles. The van der Waals surface area contributed by atoms with E-state index in [0.29, 0.717) is 24.9 Å². The van der Waals surface area contributed by atoms with Gasteiger partial charge in [0.1, 0.15) is 12.2 Å². The van der Waals surface area contributed by atoms with Gasteiger partial charge >= 0.3 is 0 Å². The molecule has 0 spiro atoms. The number of rotatable bonds is 6. The van der Waals surface area contributed by atoms with Crippen molar-refractivity contribution in [3.63, 3.8) is 0 Å².